The third-order valence-corrected chi connectivity index (χ3v) is 7.59. The zero-order chi connectivity index (χ0) is 8.86. The SMILES string of the molecule is CC1=CS(C)(C)C(C)(C)C1C. The molecule has 0 radical (unpaired) electrons. The Kier molecular flexibility index (Phi) is 1.91. The standard InChI is InChI=1S/C10H20S/c1-8-7-11(5,6)10(3,4)9(8)2/h7,9H,1-6H3. The van der Waals surface area contributed by atoms with Gasteiger partial charge in [0.15, 0.2) is 0 Å². The molecule has 1 aliphatic rings. The minimum Gasteiger partial charge on any atom is -0.221 e. The van der Waals surface area contributed by atoms with Crippen LogP contribution < -0.4 is 0 Å². The molecule has 66 valence electrons. The van der Waals surface area contributed by atoms with Crippen LogP contribution in [-0.4, -0.2) is 17.3 Å². The maximum Gasteiger partial charge on any atom is 0.00368 e. The lowest BCUT2D eigenvalue weighted by atomic mass is 9.92. The average molecular weight is 172 g/mol. The number of rotatable bonds is 0. The highest BCUT2D eigenvalue weighted by atomic mass is 32.3. The van der Waals surface area contributed by atoms with Crippen molar-refractivity contribution in [3.63, 3.8) is 0 Å². The molecule has 0 aromatic heterocycles. The molecule has 0 bridgehead atoms. The Labute approximate surface area is 72.4 Å². The van der Waals surface area contributed by atoms with Crippen LogP contribution in [0.15, 0.2) is 11.0 Å². The van der Waals surface area contributed by atoms with Gasteiger partial charge in [0.25, 0.3) is 0 Å². The van der Waals surface area contributed by atoms with E-state index in [4.69, 9.17) is 0 Å². The maximum absolute atomic E-state index is 2.51. The van der Waals surface area contributed by atoms with Crippen LogP contribution in [0, 0.1) is 5.92 Å². The van der Waals surface area contributed by atoms with Gasteiger partial charge in [-0.25, -0.2) is 10.0 Å². The van der Waals surface area contributed by atoms with Gasteiger partial charge in [0, 0.05) is 4.75 Å². The van der Waals surface area contributed by atoms with E-state index in [2.05, 4.69) is 45.6 Å². The minimum atomic E-state index is -0.485. The molecule has 0 saturated carbocycles. The van der Waals surface area contributed by atoms with E-state index in [1.807, 2.05) is 0 Å². The average Bonchev–Trinajstić information content (AvgIpc) is 1.93. The van der Waals surface area contributed by atoms with Crippen molar-refractivity contribution in [2.45, 2.75) is 32.4 Å². The topological polar surface area (TPSA) is 0 Å². The van der Waals surface area contributed by atoms with Crippen molar-refractivity contribution in [2.24, 2.45) is 5.92 Å². The minimum absolute atomic E-state index is 0.485. The maximum atomic E-state index is 2.51. The van der Waals surface area contributed by atoms with Gasteiger partial charge in [-0.3, -0.25) is 0 Å². The van der Waals surface area contributed by atoms with Crippen molar-refractivity contribution in [2.75, 3.05) is 12.5 Å². The molecule has 0 fully saturated rings. The fraction of sp³-hybridized carbons (Fsp3) is 0.800. The first kappa shape index (κ1) is 9.18. The van der Waals surface area contributed by atoms with Crippen LogP contribution >= 0.6 is 10.0 Å². The van der Waals surface area contributed by atoms with Crippen molar-refractivity contribution in [1.29, 1.82) is 0 Å². The molecule has 0 nitrogen and oxygen atoms in total. The van der Waals surface area contributed by atoms with Crippen molar-refractivity contribution in [1.82, 2.24) is 0 Å². The Morgan fingerprint density at radius 1 is 1.36 bits per heavy atom. The van der Waals surface area contributed by atoms with Crippen LogP contribution in [0.25, 0.3) is 0 Å². The van der Waals surface area contributed by atoms with Crippen LogP contribution in [-0.2, 0) is 0 Å². The summed E-state index contributed by atoms with van der Waals surface area (Å²) >= 11 is 0. The van der Waals surface area contributed by atoms with E-state index in [1.165, 1.54) is 0 Å². The summed E-state index contributed by atoms with van der Waals surface area (Å²) in [5.41, 5.74) is 1.59. The zero-order valence-corrected chi connectivity index (χ0v) is 9.38. The normalized spacial score (nSPS) is 36.5. The molecule has 0 amide bonds. The largest absolute Gasteiger partial charge is 0.221 e. The summed E-state index contributed by atoms with van der Waals surface area (Å²) in [7, 11) is -0.485. The van der Waals surface area contributed by atoms with Crippen LogP contribution in [0.3, 0.4) is 0 Å². The fourth-order valence-corrected chi connectivity index (χ4v) is 4.26. The summed E-state index contributed by atoms with van der Waals surface area (Å²) in [6.07, 6.45) is 4.83. The molecular formula is C10H20S. The lowest BCUT2D eigenvalue weighted by molar-refractivity contribution is 0.535. The number of hydrogen-bond donors (Lipinski definition) is 0. The van der Waals surface area contributed by atoms with Gasteiger partial charge in [-0.05, 0) is 30.8 Å². The Balaban J connectivity index is 3.05. The third kappa shape index (κ3) is 1.14. The van der Waals surface area contributed by atoms with E-state index in [1.54, 1.807) is 5.57 Å². The van der Waals surface area contributed by atoms with Gasteiger partial charge in [-0.2, -0.15) is 0 Å². The molecule has 0 aromatic carbocycles. The zero-order valence-electron chi connectivity index (χ0n) is 8.56. The predicted octanol–water partition coefficient (Wildman–Crippen LogP) is 3.38. The molecule has 1 unspecified atom stereocenters. The second kappa shape index (κ2) is 2.29. The molecule has 1 atom stereocenters. The quantitative estimate of drug-likeness (QED) is 0.525. The molecule has 1 aliphatic heterocycles. The molecule has 1 heteroatoms. The smallest absolute Gasteiger partial charge is 0.00368 e. The van der Waals surface area contributed by atoms with Crippen molar-refractivity contribution in [3.8, 4) is 0 Å². The van der Waals surface area contributed by atoms with E-state index in [0.29, 0.717) is 4.75 Å². The lowest BCUT2D eigenvalue weighted by Gasteiger charge is -2.42. The molecule has 0 aromatic rings. The third-order valence-electron chi connectivity index (χ3n) is 3.56. The van der Waals surface area contributed by atoms with Crippen molar-refractivity contribution >= 4 is 10.0 Å². The molecular weight excluding hydrogens is 152 g/mol. The number of hydrogen-bond acceptors (Lipinski definition) is 0. The van der Waals surface area contributed by atoms with Gasteiger partial charge in [-0.15, -0.1) is 0 Å². The van der Waals surface area contributed by atoms with Gasteiger partial charge in [0.2, 0.25) is 0 Å². The monoisotopic (exact) mass is 172 g/mol. The summed E-state index contributed by atoms with van der Waals surface area (Å²) in [6.45, 7) is 9.43. The Morgan fingerprint density at radius 3 is 1.91 bits per heavy atom. The van der Waals surface area contributed by atoms with E-state index < -0.39 is 10.0 Å². The highest BCUT2D eigenvalue weighted by Gasteiger charge is 2.41. The van der Waals surface area contributed by atoms with E-state index in [9.17, 15) is 0 Å². The predicted molar refractivity (Wildman–Crippen MR) is 56.4 cm³/mol. The summed E-state index contributed by atoms with van der Waals surface area (Å²) in [5.74, 6) is 0.771. The first-order chi connectivity index (χ1) is 4.79. The molecule has 0 spiro atoms. The molecule has 1 heterocycles. The second-order valence-electron chi connectivity index (χ2n) is 4.59. The van der Waals surface area contributed by atoms with Gasteiger partial charge >= 0.3 is 0 Å². The van der Waals surface area contributed by atoms with Gasteiger partial charge in [0.05, 0.1) is 0 Å². The van der Waals surface area contributed by atoms with Gasteiger partial charge in [-0.1, -0.05) is 26.3 Å². The first-order valence-corrected chi connectivity index (χ1v) is 6.71. The molecule has 0 saturated heterocycles. The van der Waals surface area contributed by atoms with Gasteiger partial charge in [0.1, 0.15) is 0 Å². The molecule has 1 rings (SSSR count). The fourth-order valence-electron chi connectivity index (χ4n) is 1.72. The van der Waals surface area contributed by atoms with Crippen LogP contribution in [0.2, 0.25) is 0 Å². The van der Waals surface area contributed by atoms with Crippen LogP contribution in [0.5, 0.6) is 0 Å². The molecule has 0 N–H and O–H groups in total. The summed E-state index contributed by atoms with van der Waals surface area (Å²) in [4.78, 5) is 0. The Morgan fingerprint density at radius 2 is 1.82 bits per heavy atom. The molecule has 0 aliphatic carbocycles. The van der Waals surface area contributed by atoms with E-state index in [0.717, 1.165) is 5.92 Å². The summed E-state index contributed by atoms with van der Waals surface area (Å²) in [6, 6.07) is 0. The number of allylic oxidation sites excluding steroid dienone is 1. The van der Waals surface area contributed by atoms with Gasteiger partial charge < -0.3 is 0 Å². The highest BCUT2D eigenvalue weighted by molar-refractivity contribution is 8.36. The second-order valence-corrected chi connectivity index (χ2v) is 8.69. The Bertz CT molecular complexity index is 199. The molecule has 11 heavy (non-hydrogen) atoms. The van der Waals surface area contributed by atoms with E-state index >= 15 is 0 Å². The van der Waals surface area contributed by atoms with Crippen molar-refractivity contribution in [3.05, 3.63) is 11.0 Å². The van der Waals surface area contributed by atoms with E-state index in [-0.39, 0.29) is 0 Å². The lowest BCUT2D eigenvalue weighted by Crippen LogP contribution is -2.29. The summed E-state index contributed by atoms with van der Waals surface area (Å²) in [5, 5.41) is 2.51. The van der Waals surface area contributed by atoms with Crippen LogP contribution in [0.4, 0.5) is 0 Å². The van der Waals surface area contributed by atoms with Crippen LogP contribution in [0.1, 0.15) is 27.7 Å². The summed E-state index contributed by atoms with van der Waals surface area (Å²) < 4.78 is 0.511. The first-order valence-electron chi connectivity index (χ1n) is 4.20. The highest BCUT2D eigenvalue weighted by Crippen LogP contribution is 2.64. The van der Waals surface area contributed by atoms with Crippen molar-refractivity contribution < 1.29 is 0 Å². The Hall–Kier alpha value is 0.0900.